The van der Waals surface area contributed by atoms with Gasteiger partial charge >= 0.3 is 12.1 Å². The van der Waals surface area contributed by atoms with Crippen molar-refractivity contribution in [3.63, 3.8) is 0 Å². The second kappa shape index (κ2) is 4.61. The number of hydrogen-bond donors (Lipinski definition) is 1. The predicted molar refractivity (Wildman–Crippen MR) is 65.8 cm³/mol. The molecule has 0 saturated heterocycles. The monoisotopic (exact) mass is 294 g/mol. The molecule has 116 valence electrons. The van der Waals surface area contributed by atoms with Crippen molar-refractivity contribution < 1.29 is 27.8 Å². The lowest BCUT2D eigenvalue weighted by molar-refractivity contribution is -0.281. The fraction of sp³-hybridized carbons (Fsp3) is 0.929. The van der Waals surface area contributed by atoms with E-state index in [2.05, 4.69) is 0 Å². The Morgan fingerprint density at radius 3 is 2.35 bits per heavy atom. The fourth-order valence-corrected chi connectivity index (χ4v) is 3.19. The number of alkyl halides is 3. The Labute approximate surface area is 116 Å². The second-order valence-corrected chi connectivity index (χ2v) is 6.74. The van der Waals surface area contributed by atoms with Gasteiger partial charge in [-0.05, 0) is 45.4 Å². The van der Waals surface area contributed by atoms with Crippen LogP contribution in [-0.4, -0.2) is 29.0 Å². The predicted octanol–water partition coefficient (Wildman–Crippen LogP) is 3.06. The number of fused-ring (bicyclic) bond motifs is 2. The first kappa shape index (κ1) is 15.6. The molecular formula is C14H21F3O3. The highest BCUT2D eigenvalue weighted by Gasteiger charge is 2.67. The van der Waals surface area contributed by atoms with Gasteiger partial charge in [-0.15, -0.1) is 0 Å². The Morgan fingerprint density at radius 1 is 1.35 bits per heavy atom. The summed E-state index contributed by atoms with van der Waals surface area (Å²) in [5.41, 5.74) is -3.22. The first-order chi connectivity index (χ1) is 9.01. The normalized spacial score (nSPS) is 37.2. The third-order valence-electron chi connectivity index (χ3n) is 5.06. The Morgan fingerprint density at radius 2 is 1.95 bits per heavy atom. The van der Waals surface area contributed by atoms with E-state index in [4.69, 9.17) is 4.74 Å². The zero-order valence-electron chi connectivity index (χ0n) is 12.0. The molecule has 2 fully saturated rings. The first-order valence-corrected chi connectivity index (χ1v) is 7.01. The maximum Gasteiger partial charge on any atom is 0.417 e. The molecule has 0 aliphatic heterocycles. The molecular weight excluding hydrogens is 273 g/mol. The van der Waals surface area contributed by atoms with Gasteiger partial charge in [-0.25, -0.2) is 0 Å². The van der Waals surface area contributed by atoms with Crippen molar-refractivity contribution in [1.82, 2.24) is 0 Å². The lowest BCUT2D eigenvalue weighted by Gasteiger charge is -2.37. The van der Waals surface area contributed by atoms with Crippen LogP contribution in [0.4, 0.5) is 13.2 Å². The zero-order chi connectivity index (χ0) is 15.3. The largest absolute Gasteiger partial charge is 0.462 e. The van der Waals surface area contributed by atoms with E-state index in [0.717, 1.165) is 0 Å². The standard InChI is InChI=1S/C14H21F3O3/c1-4-12(2,3)11(18)20-10-6-9-5-8(10)7-13(9,19)14(15,16)17/h8-10,19H,4-7H2,1-3H3. The summed E-state index contributed by atoms with van der Waals surface area (Å²) >= 11 is 0. The number of carbonyl (C=O) groups excluding carboxylic acids is 1. The number of rotatable bonds is 3. The van der Waals surface area contributed by atoms with E-state index in [0.29, 0.717) is 6.42 Å². The highest BCUT2D eigenvalue weighted by atomic mass is 19.4. The summed E-state index contributed by atoms with van der Waals surface area (Å²) < 4.78 is 44.0. The number of halogens is 3. The van der Waals surface area contributed by atoms with Gasteiger partial charge in [0.2, 0.25) is 0 Å². The van der Waals surface area contributed by atoms with Gasteiger partial charge in [-0.3, -0.25) is 4.79 Å². The molecule has 0 aromatic rings. The van der Waals surface area contributed by atoms with Crippen LogP contribution in [0.25, 0.3) is 0 Å². The molecule has 3 nitrogen and oxygen atoms in total. The van der Waals surface area contributed by atoms with Crippen LogP contribution < -0.4 is 0 Å². The molecule has 0 spiro atoms. The van der Waals surface area contributed by atoms with E-state index in [1.54, 1.807) is 13.8 Å². The maximum absolute atomic E-state index is 12.9. The third-order valence-corrected chi connectivity index (χ3v) is 5.06. The lowest BCUT2D eigenvalue weighted by Crippen LogP contribution is -2.51. The van der Waals surface area contributed by atoms with Crippen LogP contribution in [0.15, 0.2) is 0 Å². The SMILES string of the molecule is CCC(C)(C)C(=O)OC1CC2CC1CC2(O)C(F)(F)F. The number of ether oxygens (including phenoxy) is 1. The van der Waals surface area contributed by atoms with Crippen molar-refractivity contribution in [3.8, 4) is 0 Å². The molecule has 2 aliphatic carbocycles. The van der Waals surface area contributed by atoms with Gasteiger partial charge in [-0.2, -0.15) is 13.2 Å². The van der Waals surface area contributed by atoms with E-state index >= 15 is 0 Å². The van der Waals surface area contributed by atoms with E-state index in [9.17, 15) is 23.1 Å². The average molecular weight is 294 g/mol. The summed E-state index contributed by atoms with van der Waals surface area (Å²) in [6.45, 7) is 5.38. The molecule has 6 heteroatoms. The van der Waals surface area contributed by atoms with Gasteiger partial charge in [0.15, 0.2) is 5.60 Å². The Hall–Kier alpha value is -0.780. The first-order valence-electron chi connectivity index (χ1n) is 7.01. The lowest BCUT2D eigenvalue weighted by atomic mass is 9.82. The number of aliphatic hydroxyl groups is 1. The van der Waals surface area contributed by atoms with Crippen LogP contribution >= 0.6 is 0 Å². The quantitative estimate of drug-likeness (QED) is 0.814. The number of carbonyl (C=O) groups is 1. The third kappa shape index (κ3) is 2.32. The van der Waals surface area contributed by atoms with Crippen molar-refractivity contribution in [1.29, 1.82) is 0 Å². The molecule has 0 aromatic carbocycles. The van der Waals surface area contributed by atoms with Gasteiger partial charge in [0.1, 0.15) is 6.10 Å². The molecule has 2 bridgehead atoms. The van der Waals surface area contributed by atoms with Crippen LogP contribution in [0, 0.1) is 17.3 Å². The Kier molecular flexibility index (Phi) is 3.60. The molecule has 2 saturated carbocycles. The fourth-order valence-electron chi connectivity index (χ4n) is 3.19. The van der Waals surface area contributed by atoms with E-state index < -0.39 is 29.2 Å². The molecule has 1 N–H and O–H groups in total. The van der Waals surface area contributed by atoms with Crippen molar-refractivity contribution in [2.75, 3.05) is 0 Å². The van der Waals surface area contributed by atoms with Crippen LogP contribution in [0.1, 0.15) is 46.5 Å². The molecule has 0 radical (unpaired) electrons. The molecule has 0 amide bonds. The van der Waals surface area contributed by atoms with Crippen molar-refractivity contribution in [3.05, 3.63) is 0 Å². The zero-order valence-corrected chi connectivity index (χ0v) is 12.0. The summed E-state index contributed by atoms with van der Waals surface area (Å²) in [6, 6.07) is 0. The summed E-state index contributed by atoms with van der Waals surface area (Å²) in [5.74, 6) is -1.61. The molecule has 2 rings (SSSR count). The van der Waals surface area contributed by atoms with Gasteiger partial charge in [-0.1, -0.05) is 6.92 Å². The van der Waals surface area contributed by atoms with Gasteiger partial charge < -0.3 is 9.84 Å². The Bertz CT molecular complexity index is 405. The maximum atomic E-state index is 12.9. The van der Waals surface area contributed by atoms with Crippen LogP contribution in [0.3, 0.4) is 0 Å². The van der Waals surface area contributed by atoms with Crippen molar-refractivity contribution in [2.45, 2.75) is 64.3 Å². The second-order valence-electron chi connectivity index (χ2n) is 6.74. The van der Waals surface area contributed by atoms with Gasteiger partial charge in [0, 0.05) is 5.92 Å². The topological polar surface area (TPSA) is 46.5 Å². The molecule has 2 aliphatic rings. The van der Waals surface area contributed by atoms with E-state index in [-0.39, 0.29) is 31.1 Å². The molecule has 20 heavy (non-hydrogen) atoms. The van der Waals surface area contributed by atoms with Crippen LogP contribution in [-0.2, 0) is 9.53 Å². The summed E-state index contributed by atoms with van der Waals surface area (Å²) in [6.07, 6.45) is -4.46. The number of esters is 1. The highest BCUT2D eigenvalue weighted by molar-refractivity contribution is 5.76. The van der Waals surface area contributed by atoms with Crippen molar-refractivity contribution in [2.24, 2.45) is 17.3 Å². The molecule has 0 aromatic heterocycles. The van der Waals surface area contributed by atoms with Crippen LogP contribution in [0.2, 0.25) is 0 Å². The minimum absolute atomic E-state index is 0.103. The summed E-state index contributed by atoms with van der Waals surface area (Å²) in [5, 5.41) is 9.81. The smallest absolute Gasteiger partial charge is 0.417 e. The summed E-state index contributed by atoms with van der Waals surface area (Å²) in [4.78, 5) is 12.0. The average Bonchev–Trinajstić information content (AvgIpc) is 2.85. The van der Waals surface area contributed by atoms with E-state index in [1.807, 2.05) is 6.92 Å². The minimum atomic E-state index is -4.61. The van der Waals surface area contributed by atoms with Crippen LogP contribution in [0.5, 0.6) is 0 Å². The minimum Gasteiger partial charge on any atom is -0.462 e. The molecule has 0 heterocycles. The summed E-state index contributed by atoms with van der Waals surface area (Å²) in [7, 11) is 0. The number of hydrogen-bond acceptors (Lipinski definition) is 3. The van der Waals surface area contributed by atoms with Gasteiger partial charge in [0.25, 0.3) is 0 Å². The molecule has 4 unspecified atom stereocenters. The Balaban J connectivity index is 2.01. The van der Waals surface area contributed by atoms with Crippen molar-refractivity contribution >= 4 is 5.97 Å². The van der Waals surface area contributed by atoms with E-state index in [1.165, 1.54) is 0 Å². The highest BCUT2D eigenvalue weighted by Crippen LogP contribution is 2.57. The van der Waals surface area contributed by atoms with Gasteiger partial charge in [0.05, 0.1) is 5.41 Å². The molecule has 4 atom stereocenters.